The summed E-state index contributed by atoms with van der Waals surface area (Å²) in [5, 5.41) is 5.77. The van der Waals surface area contributed by atoms with E-state index in [9.17, 15) is 0 Å². The molecule has 0 aliphatic carbocycles. The van der Waals surface area contributed by atoms with E-state index in [0.29, 0.717) is 38.6 Å². The summed E-state index contributed by atoms with van der Waals surface area (Å²) in [5.41, 5.74) is 3.92. The lowest BCUT2D eigenvalue weighted by Crippen LogP contribution is -2.12. The minimum absolute atomic E-state index is 0.174. The highest BCUT2D eigenvalue weighted by atomic mass is 35.5. The van der Waals surface area contributed by atoms with Gasteiger partial charge >= 0.3 is 0 Å². The van der Waals surface area contributed by atoms with Crippen LogP contribution in [-0.4, -0.2) is 29.7 Å². The first-order valence-corrected chi connectivity index (χ1v) is 9.22. The minimum atomic E-state index is -0.174. The monoisotopic (exact) mass is 400 g/mol. The summed E-state index contributed by atoms with van der Waals surface area (Å²) in [4.78, 5) is 16.8. The zero-order valence-electron chi connectivity index (χ0n) is 15.4. The van der Waals surface area contributed by atoms with Crippen LogP contribution in [0.5, 0.6) is 0 Å². The lowest BCUT2D eigenvalue weighted by atomic mass is 9.92. The number of benzene rings is 1. The van der Waals surface area contributed by atoms with Crippen molar-refractivity contribution < 1.29 is 0 Å². The van der Waals surface area contributed by atoms with E-state index in [0.717, 1.165) is 11.3 Å². The first-order valence-electron chi connectivity index (χ1n) is 8.46. The van der Waals surface area contributed by atoms with E-state index < -0.39 is 0 Å². The number of aromatic nitrogens is 6. The van der Waals surface area contributed by atoms with Gasteiger partial charge in [-0.2, -0.15) is 5.10 Å². The van der Waals surface area contributed by atoms with Crippen LogP contribution in [0.4, 0.5) is 0 Å². The third kappa shape index (κ3) is 3.09. The molecule has 0 spiro atoms. The molecule has 0 amide bonds. The highest BCUT2D eigenvalue weighted by Crippen LogP contribution is 2.35. The number of rotatable bonds is 2. The van der Waals surface area contributed by atoms with Gasteiger partial charge in [0.05, 0.1) is 27.6 Å². The van der Waals surface area contributed by atoms with Crippen molar-refractivity contribution in [2.45, 2.75) is 26.2 Å². The van der Waals surface area contributed by atoms with Crippen molar-refractivity contribution in [3.8, 4) is 22.8 Å². The number of aryl methyl sites for hydroxylation is 1. The summed E-state index contributed by atoms with van der Waals surface area (Å²) in [6, 6.07) is 7.52. The Labute approximate surface area is 166 Å². The molecule has 4 rings (SSSR count). The van der Waals surface area contributed by atoms with Gasteiger partial charge in [-0.05, 0) is 6.07 Å². The second kappa shape index (κ2) is 6.32. The molecule has 8 heteroatoms. The maximum absolute atomic E-state index is 6.62. The van der Waals surface area contributed by atoms with Gasteiger partial charge in [0.25, 0.3) is 0 Å². The van der Waals surface area contributed by atoms with Crippen molar-refractivity contribution >= 4 is 34.5 Å². The molecular formula is C19H18Cl2N6. The van der Waals surface area contributed by atoms with Crippen LogP contribution in [-0.2, 0) is 12.5 Å². The molecule has 0 unspecified atom stereocenters. The van der Waals surface area contributed by atoms with Gasteiger partial charge in [0.1, 0.15) is 5.69 Å². The standard InChI is InChI=1S/C19H18Cl2N6/c1-19(2,3)15-13(21)14(27(4)26-15)16-24-17-18(25-16)23-12(9-22-17)10-7-5-6-8-11(10)20/h5-9H,1-4H3,(H,22,23,24,25). The molecular weight excluding hydrogens is 383 g/mol. The molecule has 0 fully saturated rings. The Hall–Kier alpha value is -2.44. The quantitative estimate of drug-likeness (QED) is 0.512. The molecule has 0 saturated carbocycles. The normalized spacial score (nSPS) is 12.1. The molecule has 0 bridgehead atoms. The summed E-state index contributed by atoms with van der Waals surface area (Å²) >= 11 is 12.9. The molecule has 0 aliphatic heterocycles. The smallest absolute Gasteiger partial charge is 0.197 e. The summed E-state index contributed by atoms with van der Waals surface area (Å²) < 4.78 is 1.73. The number of hydrogen-bond donors (Lipinski definition) is 1. The number of H-pyrrole nitrogens is 1. The van der Waals surface area contributed by atoms with Gasteiger partial charge in [-0.25, -0.2) is 15.0 Å². The lowest BCUT2D eigenvalue weighted by molar-refractivity contribution is 0.553. The number of fused-ring (bicyclic) bond motifs is 1. The Bertz CT molecular complexity index is 1150. The second-order valence-electron chi connectivity index (χ2n) is 7.38. The molecule has 3 heterocycles. The van der Waals surface area contributed by atoms with Crippen LogP contribution in [0.25, 0.3) is 34.1 Å². The Morgan fingerprint density at radius 2 is 1.81 bits per heavy atom. The van der Waals surface area contributed by atoms with E-state index in [2.05, 4.69) is 45.8 Å². The molecule has 6 nitrogen and oxygen atoms in total. The highest BCUT2D eigenvalue weighted by Gasteiger charge is 2.27. The van der Waals surface area contributed by atoms with Gasteiger partial charge in [-0.15, -0.1) is 0 Å². The van der Waals surface area contributed by atoms with Crippen molar-refractivity contribution in [3.63, 3.8) is 0 Å². The van der Waals surface area contributed by atoms with Crippen molar-refractivity contribution in [2.75, 3.05) is 0 Å². The van der Waals surface area contributed by atoms with E-state index in [1.165, 1.54) is 0 Å². The first-order chi connectivity index (χ1) is 12.8. The van der Waals surface area contributed by atoms with Crippen molar-refractivity contribution in [1.82, 2.24) is 29.7 Å². The first kappa shape index (κ1) is 17.9. The second-order valence-corrected chi connectivity index (χ2v) is 8.16. The maximum atomic E-state index is 6.62. The number of nitrogens with one attached hydrogen (secondary N) is 1. The summed E-state index contributed by atoms with van der Waals surface area (Å²) in [5.74, 6) is 0.580. The highest BCUT2D eigenvalue weighted by molar-refractivity contribution is 6.34. The van der Waals surface area contributed by atoms with Crippen LogP contribution in [0, 0.1) is 0 Å². The Morgan fingerprint density at radius 3 is 2.48 bits per heavy atom. The van der Waals surface area contributed by atoms with Crippen LogP contribution in [0.1, 0.15) is 26.5 Å². The average Bonchev–Trinajstić information content (AvgIpc) is 3.14. The van der Waals surface area contributed by atoms with Gasteiger partial charge in [-0.3, -0.25) is 4.68 Å². The van der Waals surface area contributed by atoms with Gasteiger partial charge in [0.2, 0.25) is 0 Å². The number of nitrogens with zero attached hydrogens (tertiary/aromatic N) is 5. The number of halogens is 2. The van der Waals surface area contributed by atoms with Gasteiger partial charge in [-0.1, -0.05) is 62.2 Å². The summed E-state index contributed by atoms with van der Waals surface area (Å²) in [6.07, 6.45) is 1.67. The topological polar surface area (TPSA) is 72.3 Å². The van der Waals surface area contributed by atoms with Crippen LogP contribution in [0.2, 0.25) is 10.0 Å². The van der Waals surface area contributed by atoms with Gasteiger partial charge in [0.15, 0.2) is 17.1 Å². The van der Waals surface area contributed by atoms with E-state index >= 15 is 0 Å². The third-order valence-corrected chi connectivity index (χ3v) is 4.97. The molecule has 138 valence electrons. The van der Waals surface area contributed by atoms with Gasteiger partial charge < -0.3 is 4.98 Å². The predicted octanol–water partition coefficient (Wildman–Crippen LogP) is 5.02. The van der Waals surface area contributed by atoms with Crippen molar-refractivity contribution in [3.05, 3.63) is 46.2 Å². The van der Waals surface area contributed by atoms with Crippen molar-refractivity contribution in [1.29, 1.82) is 0 Å². The molecule has 0 aliphatic rings. The maximum Gasteiger partial charge on any atom is 0.197 e. The molecule has 0 saturated heterocycles. The van der Waals surface area contributed by atoms with Gasteiger partial charge in [0, 0.05) is 18.0 Å². The molecule has 1 aromatic carbocycles. The Morgan fingerprint density at radius 1 is 1.07 bits per heavy atom. The van der Waals surface area contributed by atoms with Crippen LogP contribution >= 0.6 is 23.2 Å². The molecule has 27 heavy (non-hydrogen) atoms. The summed E-state index contributed by atoms with van der Waals surface area (Å²) in [7, 11) is 1.85. The number of hydrogen-bond acceptors (Lipinski definition) is 4. The fourth-order valence-corrected chi connectivity index (χ4v) is 3.71. The Kier molecular flexibility index (Phi) is 4.20. The number of aromatic amines is 1. The largest absolute Gasteiger partial charge is 0.320 e. The van der Waals surface area contributed by atoms with E-state index in [1.54, 1.807) is 10.9 Å². The van der Waals surface area contributed by atoms with E-state index in [4.69, 9.17) is 23.2 Å². The predicted molar refractivity (Wildman–Crippen MR) is 108 cm³/mol. The fraction of sp³-hybridized carbons (Fsp3) is 0.263. The van der Waals surface area contributed by atoms with Crippen LogP contribution < -0.4 is 0 Å². The SMILES string of the molecule is Cn1nc(C(C)(C)C)c(Cl)c1-c1nc2ncc(-c3ccccc3Cl)nc2[nH]1. The molecule has 1 N–H and O–H groups in total. The van der Waals surface area contributed by atoms with Crippen molar-refractivity contribution in [2.24, 2.45) is 7.05 Å². The van der Waals surface area contributed by atoms with E-state index in [-0.39, 0.29) is 5.41 Å². The average molecular weight is 401 g/mol. The molecule has 3 aromatic heterocycles. The fourth-order valence-electron chi connectivity index (χ4n) is 2.94. The zero-order valence-corrected chi connectivity index (χ0v) is 16.9. The van der Waals surface area contributed by atoms with E-state index in [1.807, 2.05) is 31.3 Å². The molecule has 0 radical (unpaired) electrons. The zero-order chi connectivity index (χ0) is 19.3. The Balaban J connectivity index is 1.84. The number of imidazole rings is 1. The van der Waals surface area contributed by atoms with Crippen LogP contribution in [0.3, 0.4) is 0 Å². The summed E-state index contributed by atoms with van der Waals surface area (Å²) in [6.45, 7) is 6.22. The van der Waals surface area contributed by atoms with Crippen LogP contribution in [0.15, 0.2) is 30.5 Å². The third-order valence-electron chi connectivity index (χ3n) is 4.28. The molecule has 4 aromatic rings. The lowest BCUT2D eigenvalue weighted by Gasteiger charge is -2.15. The molecule has 0 atom stereocenters. The minimum Gasteiger partial charge on any atom is -0.320 e.